The third kappa shape index (κ3) is 6.75. The molecule has 5 nitrogen and oxygen atoms in total. The lowest BCUT2D eigenvalue weighted by Crippen LogP contribution is -2.31. The Morgan fingerprint density at radius 1 is 1.15 bits per heavy atom. The molecule has 0 saturated heterocycles. The Hall–Kier alpha value is -2.02. The van der Waals surface area contributed by atoms with Crippen LogP contribution in [-0.4, -0.2) is 20.7 Å². The van der Waals surface area contributed by atoms with Crippen molar-refractivity contribution in [2.75, 3.05) is 0 Å². The second-order valence-corrected chi connectivity index (χ2v) is 9.80. The molecule has 1 aromatic heterocycles. The average molecular weight is 506 g/mol. The molecule has 2 aromatic carbocycles. The molecule has 0 aliphatic heterocycles. The number of hydrogen-bond donors (Lipinski definition) is 1. The van der Waals surface area contributed by atoms with Gasteiger partial charge < -0.3 is 5.32 Å². The molecule has 0 fully saturated rings. The van der Waals surface area contributed by atoms with Crippen LogP contribution in [0.2, 0.25) is 10.0 Å². The van der Waals surface area contributed by atoms with Crippen molar-refractivity contribution >= 4 is 40.9 Å². The summed E-state index contributed by atoms with van der Waals surface area (Å²) in [4.78, 5) is 12.8. The number of hydrogen-bond acceptors (Lipinski definition) is 4. The minimum absolute atomic E-state index is 0.00554. The molecule has 1 N–H and O–H groups in total. The first-order chi connectivity index (χ1) is 15.9. The third-order valence-electron chi connectivity index (χ3n) is 5.66. The first kappa shape index (κ1) is 25.6. The highest BCUT2D eigenvalue weighted by molar-refractivity contribution is 7.98. The van der Waals surface area contributed by atoms with E-state index < -0.39 is 0 Å². The molecule has 1 unspecified atom stereocenters. The molecule has 0 aliphatic rings. The van der Waals surface area contributed by atoms with Crippen LogP contribution in [0.25, 0.3) is 5.69 Å². The van der Waals surface area contributed by atoms with Gasteiger partial charge in [-0.05, 0) is 49.1 Å². The summed E-state index contributed by atoms with van der Waals surface area (Å²) in [6.07, 6.45) is 3.83. The summed E-state index contributed by atoms with van der Waals surface area (Å²) in [5, 5.41) is 13.7. The molecule has 0 saturated carbocycles. The van der Waals surface area contributed by atoms with Gasteiger partial charge in [0, 0.05) is 16.7 Å². The van der Waals surface area contributed by atoms with Gasteiger partial charge in [-0.2, -0.15) is 0 Å². The Kier molecular flexibility index (Phi) is 9.65. The Morgan fingerprint density at radius 3 is 2.67 bits per heavy atom. The van der Waals surface area contributed by atoms with Gasteiger partial charge in [0.05, 0.1) is 17.3 Å². The maximum absolute atomic E-state index is 12.8. The number of thioether (sulfide) groups is 1. The first-order valence-electron chi connectivity index (χ1n) is 11.3. The van der Waals surface area contributed by atoms with E-state index in [2.05, 4.69) is 48.4 Å². The molecule has 0 radical (unpaired) electrons. The van der Waals surface area contributed by atoms with E-state index in [1.807, 2.05) is 16.7 Å². The van der Waals surface area contributed by atoms with Crippen LogP contribution >= 0.6 is 35.0 Å². The summed E-state index contributed by atoms with van der Waals surface area (Å²) in [5.74, 6) is 1.41. The smallest absolute Gasteiger partial charge is 0.223 e. The minimum atomic E-state index is 0.00554. The number of nitrogens with zero attached hydrogens (tertiary/aromatic N) is 3. The maximum Gasteiger partial charge on any atom is 0.223 e. The monoisotopic (exact) mass is 504 g/mol. The summed E-state index contributed by atoms with van der Waals surface area (Å²) in [7, 11) is 0. The summed E-state index contributed by atoms with van der Waals surface area (Å²) < 4.78 is 1.89. The molecular formula is C25H30Cl2N4OS. The number of halogens is 2. The molecular weight excluding hydrogens is 475 g/mol. The molecule has 8 heteroatoms. The highest BCUT2D eigenvalue weighted by atomic mass is 35.5. The van der Waals surface area contributed by atoms with E-state index >= 15 is 0 Å². The van der Waals surface area contributed by atoms with Crippen molar-refractivity contribution < 1.29 is 4.79 Å². The number of amides is 1. The van der Waals surface area contributed by atoms with Crippen LogP contribution in [0.15, 0.2) is 47.6 Å². The van der Waals surface area contributed by atoms with Crippen LogP contribution < -0.4 is 5.32 Å². The number of benzene rings is 2. The Balaban J connectivity index is 1.86. The van der Waals surface area contributed by atoms with E-state index in [1.54, 1.807) is 30.0 Å². The number of carbonyl (C=O) groups is 1. The molecule has 0 bridgehead atoms. The molecule has 0 aliphatic carbocycles. The van der Waals surface area contributed by atoms with Crippen LogP contribution in [0.4, 0.5) is 0 Å². The lowest BCUT2D eigenvalue weighted by Gasteiger charge is -2.16. The van der Waals surface area contributed by atoms with Gasteiger partial charge in [0.25, 0.3) is 0 Å². The average Bonchev–Trinajstić information content (AvgIpc) is 3.21. The second kappa shape index (κ2) is 12.4. The zero-order valence-electron chi connectivity index (χ0n) is 19.3. The van der Waals surface area contributed by atoms with Crippen LogP contribution in [0.3, 0.4) is 0 Å². The van der Waals surface area contributed by atoms with Gasteiger partial charge in [0.15, 0.2) is 11.0 Å². The highest BCUT2D eigenvalue weighted by Gasteiger charge is 2.20. The van der Waals surface area contributed by atoms with Crippen LogP contribution in [0, 0.1) is 12.8 Å². The van der Waals surface area contributed by atoms with E-state index in [4.69, 9.17) is 23.2 Å². The molecule has 1 amide bonds. The fraction of sp³-hybridized carbons (Fsp3) is 0.400. The Morgan fingerprint density at radius 2 is 1.94 bits per heavy atom. The Labute approximate surface area is 210 Å². The van der Waals surface area contributed by atoms with Crippen LogP contribution in [0.1, 0.15) is 56.5 Å². The molecule has 33 heavy (non-hydrogen) atoms. The highest BCUT2D eigenvalue weighted by Crippen LogP contribution is 2.31. The van der Waals surface area contributed by atoms with Gasteiger partial charge in [-0.1, -0.05) is 85.9 Å². The lowest BCUT2D eigenvalue weighted by molar-refractivity contribution is -0.125. The topological polar surface area (TPSA) is 59.8 Å². The summed E-state index contributed by atoms with van der Waals surface area (Å²) >= 11 is 14.4. The van der Waals surface area contributed by atoms with E-state index in [0.29, 0.717) is 26.7 Å². The van der Waals surface area contributed by atoms with Crippen molar-refractivity contribution in [1.82, 2.24) is 20.1 Å². The standard InChI is InChI=1S/C25H30Cl2N4OS/c1-4-6-10-18(5-2)24(32)28-15-23-29-30-25(33-16-19-11-8-7-9-17(19)3)31(23)22-14-20(26)12-13-21(22)27/h7-9,11-14,18H,4-6,10,15-16H2,1-3H3,(H,28,32). The molecule has 176 valence electrons. The molecule has 1 heterocycles. The molecule has 0 spiro atoms. The summed E-state index contributed by atoms with van der Waals surface area (Å²) in [6, 6.07) is 13.6. The van der Waals surface area contributed by atoms with Crippen molar-refractivity contribution in [1.29, 1.82) is 0 Å². The van der Waals surface area contributed by atoms with Gasteiger partial charge in [-0.15, -0.1) is 10.2 Å². The van der Waals surface area contributed by atoms with Crippen LogP contribution in [0.5, 0.6) is 0 Å². The zero-order valence-corrected chi connectivity index (χ0v) is 21.6. The summed E-state index contributed by atoms with van der Waals surface area (Å²) in [5.41, 5.74) is 3.15. The van der Waals surface area contributed by atoms with Crippen LogP contribution in [-0.2, 0) is 17.1 Å². The van der Waals surface area contributed by atoms with E-state index in [0.717, 1.165) is 31.4 Å². The van der Waals surface area contributed by atoms with Crippen molar-refractivity contribution in [2.24, 2.45) is 5.92 Å². The number of unbranched alkanes of at least 4 members (excludes halogenated alkanes) is 1. The predicted molar refractivity (Wildman–Crippen MR) is 137 cm³/mol. The van der Waals surface area contributed by atoms with Gasteiger partial charge in [-0.3, -0.25) is 9.36 Å². The number of rotatable bonds is 11. The van der Waals surface area contributed by atoms with Crippen molar-refractivity contribution in [3.05, 3.63) is 69.5 Å². The van der Waals surface area contributed by atoms with Gasteiger partial charge >= 0.3 is 0 Å². The summed E-state index contributed by atoms with van der Waals surface area (Å²) in [6.45, 7) is 6.55. The molecule has 3 aromatic rings. The van der Waals surface area contributed by atoms with Gasteiger partial charge in [-0.25, -0.2) is 0 Å². The number of aromatic nitrogens is 3. The van der Waals surface area contributed by atoms with Gasteiger partial charge in [0.1, 0.15) is 0 Å². The second-order valence-electron chi connectivity index (χ2n) is 8.01. The number of nitrogens with one attached hydrogen (secondary N) is 1. The lowest BCUT2D eigenvalue weighted by atomic mass is 9.98. The minimum Gasteiger partial charge on any atom is -0.349 e. The normalized spacial score (nSPS) is 12.0. The zero-order chi connectivity index (χ0) is 23.8. The molecule has 3 rings (SSSR count). The van der Waals surface area contributed by atoms with Gasteiger partial charge in [0.2, 0.25) is 5.91 Å². The fourth-order valence-electron chi connectivity index (χ4n) is 3.60. The quantitative estimate of drug-likeness (QED) is 0.285. The maximum atomic E-state index is 12.8. The van der Waals surface area contributed by atoms with Crippen molar-refractivity contribution in [3.63, 3.8) is 0 Å². The first-order valence-corrected chi connectivity index (χ1v) is 13.0. The SMILES string of the molecule is CCCCC(CC)C(=O)NCc1nnc(SCc2ccccc2C)n1-c1cc(Cl)ccc1Cl. The number of aryl methyl sites for hydroxylation is 1. The third-order valence-corrected chi connectivity index (χ3v) is 7.19. The number of carbonyl (C=O) groups excluding carboxylic acids is 1. The van der Waals surface area contributed by atoms with Crippen molar-refractivity contribution in [3.8, 4) is 5.69 Å². The predicted octanol–water partition coefficient (Wildman–Crippen LogP) is 7.01. The fourth-order valence-corrected chi connectivity index (χ4v) is 5.01. The van der Waals surface area contributed by atoms with E-state index in [1.165, 1.54) is 11.1 Å². The van der Waals surface area contributed by atoms with Crippen molar-refractivity contribution in [2.45, 2.75) is 63.9 Å². The molecule has 1 atom stereocenters. The largest absolute Gasteiger partial charge is 0.349 e. The van der Waals surface area contributed by atoms with E-state index in [-0.39, 0.29) is 18.4 Å². The van der Waals surface area contributed by atoms with E-state index in [9.17, 15) is 4.79 Å². The Bertz CT molecular complexity index is 1090.